The summed E-state index contributed by atoms with van der Waals surface area (Å²) in [6, 6.07) is 10.6. The van der Waals surface area contributed by atoms with Gasteiger partial charge in [-0.3, -0.25) is 0 Å². The monoisotopic (exact) mass is 237 g/mol. The molecule has 1 rings (SSSR count). The van der Waals surface area contributed by atoms with Gasteiger partial charge in [-0.1, -0.05) is 43.2 Å². The fraction of sp³-hybridized carbons (Fsp3) is 0.571. The first-order chi connectivity index (χ1) is 7.93. The molecule has 0 unspecified atom stereocenters. The Kier molecular flexibility index (Phi) is 8.27. The van der Waals surface area contributed by atoms with Crippen LogP contribution in [-0.4, -0.2) is 18.6 Å². The summed E-state index contributed by atoms with van der Waals surface area (Å²) < 4.78 is 0. The van der Waals surface area contributed by atoms with Gasteiger partial charge in [-0.2, -0.15) is 11.8 Å². The van der Waals surface area contributed by atoms with Gasteiger partial charge in [0, 0.05) is 6.54 Å². The number of thioether (sulfide) groups is 1. The Morgan fingerprint density at radius 1 is 1.00 bits per heavy atom. The van der Waals surface area contributed by atoms with Crippen molar-refractivity contribution < 1.29 is 0 Å². The van der Waals surface area contributed by atoms with E-state index in [4.69, 9.17) is 0 Å². The van der Waals surface area contributed by atoms with Crippen molar-refractivity contribution in [3.05, 3.63) is 35.9 Å². The maximum Gasteiger partial charge on any atom is 0.0205 e. The van der Waals surface area contributed by atoms with Crippen LogP contribution in [0, 0.1) is 0 Å². The molecule has 0 aliphatic rings. The molecule has 0 aliphatic carbocycles. The van der Waals surface area contributed by atoms with E-state index in [0.717, 1.165) is 13.1 Å². The largest absolute Gasteiger partial charge is 0.313 e. The van der Waals surface area contributed by atoms with E-state index in [1.54, 1.807) is 0 Å². The molecule has 90 valence electrons. The van der Waals surface area contributed by atoms with Crippen molar-refractivity contribution in [3.8, 4) is 0 Å². The highest BCUT2D eigenvalue weighted by Crippen LogP contribution is 2.04. The zero-order valence-corrected chi connectivity index (χ0v) is 11.1. The fourth-order valence-electron chi connectivity index (χ4n) is 1.68. The van der Waals surface area contributed by atoms with Crippen molar-refractivity contribution in [3.63, 3.8) is 0 Å². The van der Waals surface area contributed by atoms with Crippen LogP contribution in [0.5, 0.6) is 0 Å². The first kappa shape index (κ1) is 13.6. The molecule has 0 atom stereocenters. The van der Waals surface area contributed by atoms with Crippen molar-refractivity contribution in [2.45, 2.75) is 32.2 Å². The van der Waals surface area contributed by atoms with Gasteiger partial charge in [0.05, 0.1) is 0 Å². The number of hydrogen-bond donors (Lipinski definition) is 1. The average Bonchev–Trinajstić information content (AvgIpc) is 2.34. The van der Waals surface area contributed by atoms with Gasteiger partial charge in [0.2, 0.25) is 0 Å². The summed E-state index contributed by atoms with van der Waals surface area (Å²) in [7, 11) is 0. The molecular formula is C14H23NS. The topological polar surface area (TPSA) is 12.0 Å². The van der Waals surface area contributed by atoms with Gasteiger partial charge in [0.15, 0.2) is 0 Å². The van der Waals surface area contributed by atoms with Gasteiger partial charge in [0.25, 0.3) is 0 Å². The normalized spacial score (nSPS) is 10.6. The first-order valence-corrected chi connectivity index (χ1v) is 7.56. The van der Waals surface area contributed by atoms with E-state index < -0.39 is 0 Å². The number of nitrogens with one attached hydrogen (secondary N) is 1. The van der Waals surface area contributed by atoms with Gasteiger partial charge in [-0.05, 0) is 37.0 Å². The fourth-order valence-corrected chi connectivity index (χ4v) is 2.17. The lowest BCUT2D eigenvalue weighted by Gasteiger charge is -2.04. The van der Waals surface area contributed by atoms with E-state index in [1.807, 2.05) is 11.8 Å². The maximum atomic E-state index is 3.49. The summed E-state index contributed by atoms with van der Waals surface area (Å²) in [5, 5.41) is 3.49. The highest BCUT2D eigenvalue weighted by molar-refractivity contribution is 7.98. The predicted molar refractivity (Wildman–Crippen MR) is 75.0 cm³/mol. The van der Waals surface area contributed by atoms with Crippen LogP contribution in [-0.2, 0) is 6.54 Å². The van der Waals surface area contributed by atoms with Crippen LogP contribution in [0.1, 0.15) is 31.2 Å². The second kappa shape index (κ2) is 9.73. The molecule has 0 spiro atoms. The van der Waals surface area contributed by atoms with Gasteiger partial charge in [-0.15, -0.1) is 0 Å². The smallest absolute Gasteiger partial charge is 0.0205 e. The number of rotatable bonds is 9. The minimum Gasteiger partial charge on any atom is -0.313 e. The average molecular weight is 237 g/mol. The summed E-state index contributed by atoms with van der Waals surface area (Å²) in [6.07, 6.45) is 7.61. The lowest BCUT2D eigenvalue weighted by atomic mass is 10.2. The molecule has 0 saturated heterocycles. The van der Waals surface area contributed by atoms with Gasteiger partial charge < -0.3 is 5.32 Å². The Balaban J connectivity index is 1.89. The maximum absolute atomic E-state index is 3.49. The Morgan fingerprint density at radius 2 is 1.75 bits per heavy atom. The highest BCUT2D eigenvalue weighted by Gasteiger charge is 1.92. The van der Waals surface area contributed by atoms with Crippen LogP contribution in [0.2, 0.25) is 0 Å². The lowest BCUT2D eigenvalue weighted by molar-refractivity contribution is 0.599. The van der Waals surface area contributed by atoms with Crippen molar-refractivity contribution >= 4 is 11.8 Å². The zero-order valence-electron chi connectivity index (χ0n) is 10.2. The Morgan fingerprint density at radius 3 is 2.50 bits per heavy atom. The summed E-state index contributed by atoms with van der Waals surface area (Å²) in [5.41, 5.74) is 1.38. The summed E-state index contributed by atoms with van der Waals surface area (Å²) in [4.78, 5) is 0. The van der Waals surface area contributed by atoms with Crippen LogP contribution in [0.3, 0.4) is 0 Å². The van der Waals surface area contributed by atoms with Crippen LogP contribution in [0.15, 0.2) is 30.3 Å². The van der Waals surface area contributed by atoms with Crippen LogP contribution in [0.4, 0.5) is 0 Å². The van der Waals surface area contributed by atoms with Crippen molar-refractivity contribution in [1.82, 2.24) is 5.32 Å². The molecule has 1 aromatic carbocycles. The number of benzene rings is 1. The molecule has 0 aromatic heterocycles. The number of unbranched alkanes of at least 4 members (excludes halogenated alkanes) is 3. The Labute approximate surface area is 104 Å². The molecule has 0 fully saturated rings. The van der Waals surface area contributed by atoms with Gasteiger partial charge in [-0.25, -0.2) is 0 Å². The van der Waals surface area contributed by atoms with E-state index in [2.05, 4.69) is 41.9 Å². The van der Waals surface area contributed by atoms with Crippen molar-refractivity contribution in [2.75, 3.05) is 18.6 Å². The Hall–Kier alpha value is -0.470. The molecule has 0 heterocycles. The molecule has 0 amide bonds. The third-order valence-corrected chi connectivity index (χ3v) is 3.32. The van der Waals surface area contributed by atoms with Gasteiger partial charge >= 0.3 is 0 Å². The summed E-state index contributed by atoms with van der Waals surface area (Å²) in [5.74, 6) is 1.32. The summed E-state index contributed by atoms with van der Waals surface area (Å²) in [6.45, 7) is 2.15. The molecule has 1 nitrogen and oxygen atoms in total. The molecule has 0 bridgehead atoms. The SMILES string of the molecule is CSCCCCCCNCc1ccccc1. The van der Waals surface area contributed by atoms with E-state index in [0.29, 0.717) is 0 Å². The van der Waals surface area contributed by atoms with E-state index in [9.17, 15) is 0 Å². The molecular weight excluding hydrogens is 214 g/mol. The molecule has 16 heavy (non-hydrogen) atoms. The first-order valence-electron chi connectivity index (χ1n) is 6.17. The van der Waals surface area contributed by atoms with E-state index in [1.165, 1.54) is 37.0 Å². The highest BCUT2D eigenvalue weighted by atomic mass is 32.2. The molecule has 2 heteroatoms. The minimum absolute atomic E-state index is 1.01. The third-order valence-electron chi connectivity index (χ3n) is 2.62. The quantitative estimate of drug-likeness (QED) is 0.657. The third kappa shape index (κ3) is 6.91. The predicted octanol–water partition coefficient (Wildman–Crippen LogP) is 3.70. The lowest BCUT2D eigenvalue weighted by Crippen LogP contribution is -2.14. The van der Waals surface area contributed by atoms with E-state index in [-0.39, 0.29) is 0 Å². The van der Waals surface area contributed by atoms with Crippen LogP contribution in [0.25, 0.3) is 0 Å². The van der Waals surface area contributed by atoms with E-state index >= 15 is 0 Å². The number of hydrogen-bond acceptors (Lipinski definition) is 2. The Bertz CT molecular complexity index is 248. The molecule has 1 aromatic rings. The second-order valence-corrected chi connectivity index (χ2v) is 5.05. The zero-order chi connectivity index (χ0) is 11.5. The second-order valence-electron chi connectivity index (χ2n) is 4.07. The molecule has 1 N–H and O–H groups in total. The minimum atomic E-state index is 1.01. The van der Waals surface area contributed by atoms with Crippen molar-refractivity contribution in [1.29, 1.82) is 0 Å². The van der Waals surface area contributed by atoms with Crippen LogP contribution < -0.4 is 5.32 Å². The standard InChI is InChI=1S/C14H23NS/c1-16-12-8-3-2-7-11-15-13-14-9-5-4-6-10-14/h4-6,9-10,15H,2-3,7-8,11-13H2,1H3. The molecule has 0 aliphatic heterocycles. The summed E-state index contributed by atoms with van der Waals surface area (Å²) >= 11 is 1.95. The van der Waals surface area contributed by atoms with Gasteiger partial charge in [0.1, 0.15) is 0 Å². The molecule has 0 saturated carbocycles. The van der Waals surface area contributed by atoms with Crippen LogP contribution >= 0.6 is 11.8 Å². The van der Waals surface area contributed by atoms with Crippen molar-refractivity contribution in [2.24, 2.45) is 0 Å². The molecule has 0 radical (unpaired) electrons.